The summed E-state index contributed by atoms with van der Waals surface area (Å²) in [5, 5.41) is 23.2. The van der Waals surface area contributed by atoms with Gasteiger partial charge in [0, 0.05) is 11.1 Å². The Kier molecular flexibility index (Phi) is 5.30. The van der Waals surface area contributed by atoms with Crippen molar-refractivity contribution in [3.05, 3.63) is 74.3 Å². The van der Waals surface area contributed by atoms with Crippen LogP contribution < -0.4 is 5.32 Å². The van der Waals surface area contributed by atoms with Gasteiger partial charge in [0.25, 0.3) is 11.6 Å². The van der Waals surface area contributed by atoms with E-state index in [-0.39, 0.29) is 16.9 Å². The molecule has 0 radical (unpaired) electrons. The first-order valence-corrected chi connectivity index (χ1v) is 7.22. The summed E-state index contributed by atoms with van der Waals surface area (Å²) < 4.78 is 0. The molecule has 1 N–H and O–H groups in total. The van der Waals surface area contributed by atoms with Gasteiger partial charge in [-0.15, -0.1) is 0 Å². The van der Waals surface area contributed by atoms with E-state index in [0.29, 0.717) is 16.1 Å². The van der Waals surface area contributed by atoms with Crippen LogP contribution in [0.2, 0.25) is 5.02 Å². The Balaban J connectivity index is 2.29. The molecule has 7 heteroatoms. The van der Waals surface area contributed by atoms with Crippen molar-refractivity contribution in [1.82, 2.24) is 0 Å². The SMILES string of the molecule is Cc1ccc(NC(=O)/C(C#N)=C/c2ccc(Cl)cc2)c([N+](=O)[O-])c1. The number of carbonyl (C=O) groups is 1. The third-order valence-electron chi connectivity index (χ3n) is 3.14. The van der Waals surface area contributed by atoms with E-state index in [9.17, 15) is 20.2 Å². The van der Waals surface area contributed by atoms with Crippen molar-refractivity contribution in [2.75, 3.05) is 5.32 Å². The number of rotatable bonds is 4. The van der Waals surface area contributed by atoms with Gasteiger partial charge in [-0.1, -0.05) is 29.8 Å². The Hall–Kier alpha value is -3.17. The standard InChI is InChI=1S/C17H12ClN3O3/c1-11-2-7-15(16(8-11)21(23)24)20-17(22)13(10-19)9-12-3-5-14(18)6-4-12/h2-9H,1H3,(H,20,22)/b13-9+. The van der Waals surface area contributed by atoms with Gasteiger partial charge in [0.05, 0.1) is 4.92 Å². The predicted octanol–water partition coefficient (Wildman–Crippen LogP) is 4.10. The van der Waals surface area contributed by atoms with Crippen molar-refractivity contribution in [2.24, 2.45) is 0 Å². The summed E-state index contributed by atoms with van der Waals surface area (Å²) in [5.74, 6) is -0.723. The normalized spacial score (nSPS) is 10.8. The van der Waals surface area contributed by atoms with Crippen LogP contribution in [0.25, 0.3) is 6.08 Å². The lowest BCUT2D eigenvalue weighted by Gasteiger charge is -2.06. The van der Waals surface area contributed by atoms with Crippen LogP contribution in [0.5, 0.6) is 0 Å². The monoisotopic (exact) mass is 341 g/mol. The van der Waals surface area contributed by atoms with Crippen LogP contribution in [0.4, 0.5) is 11.4 Å². The lowest BCUT2D eigenvalue weighted by molar-refractivity contribution is -0.384. The van der Waals surface area contributed by atoms with Crippen molar-refractivity contribution in [3.63, 3.8) is 0 Å². The molecule has 2 aromatic rings. The summed E-state index contributed by atoms with van der Waals surface area (Å²) in [4.78, 5) is 22.7. The summed E-state index contributed by atoms with van der Waals surface area (Å²) >= 11 is 5.78. The first-order chi connectivity index (χ1) is 11.4. The van der Waals surface area contributed by atoms with Gasteiger partial charge in [-0.25, -0.2) is 0 Å². The Bertz CT molecular complexity index is 868. The van der Waals surface area contributed by atoms with Gasteiger partial charge in [0.1, 0.15) is 17.3 Å². The fraction of sp³-hybridized carbons (Fsp3) is 0.0588. The number of benzene rings is 2. The number of anilines is 1. The van der Waals surface area contributed by atoms with Crippen molar-refractivity contribution in [3.8, 4) is 6.07 Å². The van der Waals surface area contributed by atoms with Gasteiger partial charge in [0.2, 0.25) is 0 Å². The highest BCUT2D eigenvalue weighted by molar-refractivity contribution is 6.30. The minimum absolute atomic E-state index is 0.0351. The molecule has 6 nitrogen and oxygen atoms in total. The van der Waals surface area contributed by atoms with Gasteiger partial charge in [-0.3, -0.25) is 14.9 Å². The highest BCUT2D eigenvalue weighted by Crippen LogP contribution is 2.26. The molecule has 2 aromatic carbocycles. The zero-order chi connectivity index (χ0) is 17.7. The maximum atomic E-state index is 12.2. The average molecular weight is 342 g/mol. The highest BCUT2D eigenvalue weighted by atomic mass is 35.5. The van der Waals surface area contributed by atoms with Crippen molar-refractivity contribution < 1.29 is 9.72 Å². The summed E-state index contributed by atoms with van der Waals surface area (Å²) in [6.07, 6.45) is 1.38. The average Bonchev–Trinajstić information content (AvgIpc) is 2.55. The molecule has 0 aliphatic heterocycles. The fourth-order valence-corrected chi connectivity index (χ4v) is 2.09. The molecule has 0 saturated heterocycles. The van der Waals surface area contributed by atoms with Crippen LogP contribution in [0.3, 0.4) is 0 Å². The molecule has 0 heterocycles. The maximum Gasteiger partial charge on any atom is 0.293 e. The Morgan fingerprint density at radius 2 is 1.96 bits per heavy atom. The van der Waals surface area contributed by atoms with Crippen molar-refractivity contribution >= 4 is 35.0 Å². The zero-order valence-electron chi connectivity index (χ0n) is 12.6. The number of nitrogens with zero attached hydrogens (tertiary/aromatic N) is 2. The van der Waals surface area contributed by atoms with Crippen molar-refractivity contribution in [1.29, 1.82) is 5.26 Å². The van der Waals surface area contributed by atoms with E-state index in [1.165, 1.54) is 18.2 Å². The second-order valence-corrected chi connectivity index (χ2v) is 5.39. The van der Waals surface area contributed by atoms with E-state index in [0.717, 1.165) is 0 Å². The predicted molar refractivity (Wildman–Crippen MR) is 91.5 cm³/mol. The summed E-state index contributed by atoms with van der Waals surface area (Å²) in [6.45, 7) is 1.71. The molecule has 0 aliphatic rings. The van der Waals surface area contributed by atoms with Gasteiger partial charge in [-0.2, -0.15) is 5.26 Å². The van der Waals surface area contributed by atoms with Crippen LogP contribution >= 0.6 is 11.6 Å². The Labute approximate surface area is 143 Å². The number of nitrogens with one attached hydrogen (secondary N) is 1. The number of aryl methyl sites for hydroxylation is 1. The molecular formula is C17H12ClN3O3. The van der Waals surface area contributed by atoms with E-state index < -0.39 is 10.8 Å². The van der Waals surface area contributed by atoms with Crippen molar-refractivity contribution in [2.45, 2.75) is 6.92 Å². The molecule has 120 valence electrons. The largest absolute Gasteiger partial charge is 0.316 e. The van der Waals surface area contributed by atoms with Gasteiger partial charge >= 0.3 is 0 Å². The number of nitro benzene ring substituents is 1. The van der Waals surface area contributed by atoms with E-state index in [2.05, 4.69) is 5.32 Å². The number of nitro groups is 1. The molecule has 0 saturated carbocycles. The first-order valence-electron chi connectivity index (χ1n) is 6.84. The van der Waals surface area contributed by atoms with Gasteiger partial charge < -0.3 is 5.32 Å². The summed E-state index contributed by atoms with van der Waals surface area (Å²) in [6, 6.07) is 12.8. The molecule has 24 heavy (non-hydrogen) atoms. The second-order valence-electron chi connectivity index (χ2n) is 4.95. The molecule has 0 spiro atoms. The fourth-order valence-electron chi connectivity index (χ4n) is 1.96. The summed E-state index contributed by atoms with van der Waals surface area (Å²) in [5.41, 5.74) is 0.939. The minimum Gasteiger partial charge on any atom is -0.316 e. The van der Waals surface area contributed by atoms with E-state index in [4.69, 9.17) is 11.6 Å². The first kappa shape index (κ1) is 17.2. The second kappa shape index (κ2) is 7.40. The number of nitriles is 1. The quantitative estimate of drug-likeness (QED) is 0.392. The lowest BCUT2D eigenvalue weighted by atomic mass is 10.1. The molecular weight excluding hydrogens is 330 g/mol. The molecule has 2 rings (SSSR count). The number of halogens is 1. The van der Waals surface area contributed by atoms with Gasteiger partial charge in [0.15, 0.2) is 0 Å². The third kappa shape index (κ3) is 4.18. The third-order valence-corrected chi connectivity index (χ3v) is 3.40. The Morgan fingerprint density at radius 1 is 1.29 bits per heavy atom. The lowest BCUT2D eigenvalue weighted by Crippen LogP contribution is -2.14. The molecule has 1 amide bonds. The molecule has 0 bridgehead atoms. The summed E-state index contributed by atoms with van der Waals surface area (Å²) in [7, 11) is 0. The van der Waals surface area contributed by atoms with E-state index in [1.54, 1.807) is 43.3 Å². The number of hydrogen-bond donors (Lipinski definition) is 1. The molecule has 0 unspecified atom stereocenters. The number of carbonyl (C=O) groups excluding carboxylic acids is 1. The van der Waals surface area contributed by atoms with Crippen LogP contribution in [0, 0.1) is 28.4 Å². The van der Waals surface area contributed by atoms with Crippen LogP contribution in [-0.4, -0.2) is 10.8 Å². The number of hydrogen-bond acceptors (Lipinski definition) is 4. The maximum absolute atomic E-state index is 12.2. The minimum atomic E-state index is -0.723. The smallest absolute Gasteiger partial charge is 0.293 e. The van der Waals surface area contributed by atoms with Crippen LogP contribution in [0.1, 0.15) is 11.1 Å². The van der Waals surface area contributed by atoms with Crippen LogP contribution in [0.15, 0.2) is 48.0 Å². The number of amides is 1. The Morgan fingerprint density at radius 3 is 2.54 bits per heavy atom. The highest BCUT2D eigenvalue weighted by Gasteiger charge is 2.18. The molecule has 0 atom stereocenters. The van der Waals surface area contributed by atoms with Crippen LogP contribution in [-0.2, 0) is 4.79 Å². The zero-order valence-corrected chi connectivity index (χ0v) is 13.4. The molecule has 0 aliphatic carbocycles. The van der Waals surface area contributed by atoms with E-state index >= 15 is 0 Å². The molecule has 0 aromatic heterocycles. The molecule has 0 fully saturated rings. The van der Waals surface area contributed by atoms with E-state index in [1.807, 2.05) is 0 Å². The topological polar surface area (TPSA) is 96.0 Å². The van der Waals surface area contributed by atoms with Gasteiger partial charge in [-0.05, 0) is 42.3 Å².